The lowest BCUT2D eigenvalue weighted by molar-refractivity contribution is -0.137. The maximum Gasteiger partial charge on any atom is 0.411 e. The van der Waals surface area contributed by atoms with Gasteiger partial charge >= 0.3 is 6.09 Å². The van der Waals surface area contributed by atoms with Gasteiger partial charge in [-0.05, 0) is 60.9 Å². The molecule has 1 aromatic heterocycles. The monoisotopic (exact) mass is 503 g/mol. The third-order valence-electron chi connectivity index (χ3n) is 6.70. The van der Waals surface area contributed by atoms with Gasteiger partial charge in [0.1, 0.15) is 0 Å². The van der Waals surface area contributed by atoms with E-state index in [1.165, 1.54) is 11.3 Å². The van der Waals surface area contributed by atoms with Crippen LogP contribution in [0.25, 0.3) is 0 Å². The fraction of sp³-hybridized carbons (Fsp3) is 0.321. The summed E-state index contributed by atoms with van der Waals surface area (Å²) in [7, 11) is 0. The Morgan fingerprint density at radius 1 is 1.03 bits per heavy atom. The molecule has 2 fully saturated rings. The second-order valence-electron chi connectivity index (χ2n) is 9.31. The SMILES string of the molecule is Cc1ccc(CN2C(=O)OC(c3cccc(NC(=O)c4cccs4)c3)C2C(=O)N2CCCCC2)cc1. The van der Waals surface area contributed by atoms with Crippen molar-refractivity contribution in [3.8, 4) is 0 Å². The zero-order valence-electron chi connectivity index (χ0n) is 20.2. The van der Waals surface area contributed by atoms with Gasteiger partial charge in [-0.25, -0.2) is 4.79 Å². The van der Waals surface area contributed by atoms with Crippen molar-refractivity contribution in [1.82, 2.24) is 9.80 Å². The Bertz CT molecular complexity index is 1240. The standard InChI is InChI=1S/C28H29N3O4S/c1-19-10-12-20(13-11-19)18-31-24(27(33)30-14-3-2-4-15-30)25(35-28(31)34)21-7-5-8-22(17-21)29-26(32)23-9-6-16-36-23/h5-13,16-17,24-25H,2-4,14-15,18H2,1H3,(H,29,32). The van der Waals surface area contributed by atoms with E-state index in [0.717, 1.165) is 30.4 Å². The second kappa shape index (κ2) is 10.5. The van der Waals surface area contributed by atoms with Crippen LogP contribution in [-0.2, 0) is 16.1 Å². The lowest BCUT2D eigenvalue weighted by Gasteiger charge is -2.33. The fourth-order valence-corrected chi connectivity index (χ4v) is 5.40. The molecular formula is C28H29N3O4S. The van der Waals surface area contributed by atoms with Gasteiger partial charge in [0.25, 0.3) is 5.91 Å². The van der Waals surface area contributed by atoms with E-state index in [2.05, 4.69) is 5.32 Å². The van der Waals surface area contributed by atoms with Crippen LogP contribution < -0.4 is 5.32 Å². The Hall–Kier alpha value is -3.65. The minimum absolute atomic E-state index is 0.0920. The molecule has 2 aromatic carbocycles. The highest BCUT2D eigenvalue weighted by molar-refractivity contribution is 7.12. The second-order valence-corrected chi connectivity index (χ2v) is 10.3. The van der Waals surface area contributed by atoms with E-state index < -0.39 is 18.2 Å². The summed E-state index contributed by atoms with van der Waals surface area (Å²) in [5.41, 5.74) is 3.33. The number of likely N-dealkylation sites (tertiary alicyclic amines) is 1. The molecule has 2 aliphatic heterocycles. The Kier molecular flexibility index (Phi) is 7.04. The molecule has 2 unspecified atom stereocenters. The quantitative estimate of drug-likeness (QED) is 0.490. The van der Waals surface area contributed by atoms with Gasteiger partial charge in [0.15, 0.2) is 12.1 Å². The van der Waals surface area contributed by atoms with Gasteiger partial charge in [-0.15, -0.1) is 11.3 Å². The van der Waals surface area contributed by atoms with Gasteiger partial charge in [-0.1, -0.05) is 48.0 Å². The summed E-state index contributed by atoms with van der Waals surface area (Å²) in [6, 6.07) is 18.0. The molecule has 0 radical (unpaired) electrons. The predicted octanol–water partition coefficient (Wildman–Crippen LogP) is 5.38. The largest absolute Gasteiger partial charge is 0.438 e. The molecule has 3 heterocycles. The number of hydrogen-bond donors (Lipinski definition) is 1. The van der Waals surface area contributed by atoms with Crippen LogP contribution in [0.15, 0.2) is 66.0 Å². The Morgan fingerprint density at radius 2 is 1.81 bits per heavy atom. The molecule has 2 saturated heterocycles. The van der Waals surface area contributed by atoms with Crippen molar-refractivity contribution in [3.63, 3.8) is 0 Å². The lowest BCUT2D eigenvalue weighted by Crippen LogP contribution is -2.49. The van der Waals surface area contributed by atoms with E-state index in [-0.39, 0.29) is 18.4 Å². The van der Waals surface area contributed by atoms with Crippen LogP contribution in [0.3, 0.4) is 0 Å². The van der Waals surface area contributed by atoms with Gasteiger partial charge in [0.2, 0.25) is 5.91 Å². The number of cyclic esters (lactones) is 1. The molecule has 3 aromatic rings. The van der Waals surface area contributed by atoms with E-state index in [1.807, 2.05) is 53.6 Å². The van der Waals surface area contributed by atoms with E-state index >= 15 is 0 Å². The van der Waals surface area contributed by atoms with Crippen molar-refractivity contribution in [2.24, 2.45) is 0 Å². The molecule has 3 amide bonds. The number of rotatable bonds is 6. The summed E-state index contributed by atoms with van der Waals surface area (Å²) in [6.07, 6.45) is 1.74. The zero-order chi connectivity index (χ0) is 25.1. The fourth-order valence-electron chi connectivity index (χ4n) is 4.78. The van der Waals surface area contributed by atoms with Crippen LogP contribution in [0.1, 0.15) is 51.7 Å². The van der Waals surface area contributed by atoms with E-state index in [1.54, 1.807) is 29.2 Å². The summed E-state index contributed by atoms with van der Waals surface area (Å²) in [5, 5.41) is 4.76. The van der Waals surface area contributed by atoms with Crippen molar-refractivity contribution < 1.29 is 19.1 Å². The number of benzene rings is 2. The van der Waals surface area contributed by atoms with Crippen molar-refractivity contribution in [1.29, 1.82) is 0 Å². The number of aryl methyl sites for hydroxylation is 1. The Labute approximate surface area is 214 Å². The molecule has 2 atom stereocenters. The number of thiophene rings is 1. The molecule has 8 heteroatoms. The van der Waals surface area contributed by atoms with Crippen LogP contribution in [0.4, 0.5) is 10.5 Å². The molecule has 0 aliphatic carbocycles. The maximum atomic E-state index is 13.8. The Morgan fingerprint density at radius 3 is 2.53 bits per heavy atom. The molecule has 7 nitrogen and oxygen atoms in total. The highest BCUT2D eigenvalue weighted by atomic mass is 32.1. The average Bonchev–Trinajstić information content (AvgIpc) is 3.55. The van der Waals surface area contributed by atoms with Crippen molar-refractivity contribution in [2.75, 3.05) is 18.4 Å². The zero-order valence-corrected chi connectivity index (χ0v) is 21.0. The third kappa shape index (κ3) is 5.14. The Balaban J connectivity index is 1.43. The summed E-state index contributed by atoms with van der Waals surface area (Å²) < 4.78 is 5.84. The number of carbonyl (C=O) groups is 3. The molecule has 2 aliphatic rings. The first-order chi connectivity index (χ1) is 17.5. The first-order valence-electron chi connectivity index (χ1n) is 12.3. The third-order valence-corrected chi connectivity index (χ3v) is 7.57. The normalized spacial score (nSPS) is 19.8. The molecular weight excluding hydrogens is 474 g/mol. The molecule has 5 rings (SSSR count). The minimum atomic E-state index is -0.778. The molecule has 1 N–H and O–H groups in total. The van der Waals surface area contributed by atoms with Crippen LogP contribution in [0, 0.1) is 6.92 Å². The topological polar surface area (TPSA) is 79.0 Å². The highest BCUT2D eigenvalue weighted by Gasteiger charge is 2.48. The van der Waals surface area contributed by atoms with Gasteiger partial charge in [0.05, 0.1) is 11.4 Å². The maximum absolute atomic E-state index is 13.8. The number of piperidine rings is 1. The minimum Gasteiger partial charge on any atom is -0.438 e. The smallest absolute Gasteiger partial charge is 0.411 e. The first kappa shape index (κ1) is 24.1. The van der Waals surface area contributed by atoms with Gasteiger partial charge in [-0.2, -0.15) is 0 Å². The molecule has 0 saturated carbocycles. The number of carbonyl (C=O) groups excluding carboxylic acids is 3. The number of anilines is 1. The summed E-state index contributed by atoms with van der Waals surface area (Å²) >= 11 is 1.36. The first-order valence-corrected chi connectivity index (χ1v) is 13.1. The molecule has 0 spiro atoms. The number of amides is 3. The number of ether oxygens (including phenoxy) is 1. The van der Waals surface area contributed by atoms with Crippen LogP contribution in [0.2, 0.25) is 0 Å². The van der Waals surface area contributed by atoms with Crippen LogP contribution >= 0.6 is 11.3 Å². The number of nitrogens with one attached hydrogen (secondary N) is 1. The highest BCUT2D eigenvalue weighted by Crippen LogP contribution is 2.36. The van der Waals surface area contributed by atoms with Crippen molar-refractivity contribution in [3.05, 3.63) is 87.6 Å². The average molecular weight is 504 g/mol. The molecule has 36 heavy (non-hydrogen) atoms. The van der Waals surface area contributed by atoms with Crippen LogP contribution in [0.5, 0.6) is 0 Å². The van der Waals surface area contributed by atoms with E-state index in [9.17, 15) is 14.4 Å². The van der Waals surface area contributed by atoms with E-state index in [4.69, 9.17) is 4.74 Å². The predicted molar refractivity (Wildman–Crippen MR) is 139 cm³/mol. The van der Waals surface area contributed by atoms with Gasteiger partial charge in [-0.3, -0.25) is 14.5 Å². The number of hydrogen-bond acceptors (Lipinski definition) is 5. The summed E-state index contributed by atoms with van der Waals surface area (Å²) in [6.45, 7) is 3.67. The van der Waals surface area contributed by atoms with Crippen molar-refractivity contribution >= 4 is 34.9 Å². The van der Waals surface area contributed by atoms with Crippen molar-refractivity contribution in [2.45, 2.75) is 44.9 Å². The summed E-state index contributed by atoms with van der Waals surface area (Å²) in [5.74, 6) is -0.293. The van der Waals surface area contributed by atoms with Crippen LogP contribution in [-0.4, -0.2) is 46.8 Å². The number of nitrogens with zero attached hydrogens (tertiary/aromatic N) is 2. The summed E-state index contributed by atoms with van der Waals surface area (Å²) in [4.78, 5) is 43.5. The van der Waals surface area contributed by atoms with Gasteiger partial charge in [0, 0.05) is 18.8 Å². The molecule has 0 bridgehead atoms. The van der Waals surface area contributed by atoms with E-state index in [0.29, 0.717) is 29.2 Å². The van der Waals surface area contributed by atoms with Gasteiger partial charge < -0.3 is 15.0 Å². The molecule has 186 valence electrons. The lowest BCUT2D eigenvalue weighted by atomic mass is 9.98.